The van der Waals surface area contributed by atoms with E-state index in [2.05, 4.69) is 9.98 Å². The lowest BCUT2D eigenvalue weighted by Crippen LogP contribution is -2.27. The Morgan fingerprint density at radius 2 is 1.82 bits per heavy atom. The number of hydrogen-bond donors (Lipinski definition) is 0. The van der Waals surface area contributed by atoms with Gasteiger partial charge in [0.25, 0.3) is 0 Å². The van der Waals surface area contributed by atoms with Gasteiger partial charge in [-0.1, -0.05) is 0 Å². The predicted molar refractivity (Wildman–Crippen MR) is 43.0 cm³/mol. The lowest BCUT2D eigenvalue weighted by Gasteiger charge is -2.13. The highest BCUT2D eigenvalue weighted by atomic mass is 16.5. The molecule has 0 bridgehead atoms. The van der Waals surface area contributed by atoms with Gasteiger partial charge in [0.2, 0.25) is 5.90 Å². The molecule has 0 aromatic rings. The van der Waals surface area contributed by atoms with Crippen LogP contribution in [-0.4, -0.2) is 31.7 Å². The highest BCUT2D eigenvalue weighted by Crippen LogP contribution is 2.18. The molecule has 0 spiro atoms. The second kappa shape index (κ2) is 2.53. The zero-order valence-electron chi connectivity index (χ0n) is 7.21. The van der Waals surface area contributed by atoms with Crippen LogP contribution in [-0.2, 0) is 9.47 Å². The highest BCUT2D eigenvalue weighted by molar-refractivity contribution is 6.01. The summed E-state index contributed by atoms with van der Waals surface area (Å²) in [5, 5.41) is 0. The van der Waals surface area contributed by atoms with E-state index in [9.17, 15) is 0 Å². The van der Waals surface area contributed by atoms with Crippen molar-refractivity contribution in [3.05, 3.63) is 0 Å². The van der Waals surface area contributed by atoms with Gasteiger partial charge in [-0.05, 0) is 13.8 Å². The van der Waals surface area contributed by atoms with E-state index in [-0.39, 0.29) is 5.54 Å². The van der Waals surface area contributed by atoms with Gasteiger partial charge in [0.15, 0.2) is 0 Å². The second-order valence-corrected chi connectivity index (χ2v) is 2.78. The first-order valence-corrected chi connectivity index (χ1v) is 3.37. The number of ether oxygens (including phenoxy) is 2. The van der Waals surface area contributed by atoms with Crippen LogP contribution in [0.5, 0.6) is 0 Å². The lowest BCUT2D eigenvalue weighted by atomic mass is 10.1. The summed E-state index contributed by atoms with van der Waals surface area (Å²) in [6, 6.07) is 0.381. The Kier molecular flexibility index (Phi) is 1.85. The highest BCUT2D eigenvalue weighted by Gasteiger charge is 2.32. The fourth-order valence-electron chi connectivity index (χ4n) is 0.922. The van der Waals surface area contributed by atoms with Crippen molar-refractivity contribution in [2.45, 2.75) is 19.4 Å². The molecule has 0 aliphatic carbocycles. The molecule has 0 amide bonds. The van der Waals surface area contributed by atoms with Crippen molar-refractivity contribution in [1.29, 1.82) is 0 Å². The van der Waals surface area contributed by atoms with Crippen LogP contribution in [0.1, 0.15) is 13.8 Å². The zero-order valence-corrected chi connectivity index (χ0v) is 7.21. The molecule has 0 saturated carbocycles. The van der Waals surface area contributed by atoms with Crippen molar-refractivity contribution >= 4 is 11.9 Å². The Morgan fingerprint density at radius 3 is 2.09 bits per heavy atom. The largest absolute Gasteiger partial charge is 0.482 e. The van der Waals surface area contributed by atoms with Crippen molar-refractivity contribution in [2.75, 3.05) is 14.2 Å². The first-order valence-electron chi connectivity index (χ1n) is 3.37. The van der Waals surface area contributed by atoms with Gasteiger partial charge in [-0.3, -0.25) is 0 Å². The molecule has 1 rings (SSSR count). The van der Waals surface area contributed by atoms with Crippen LogP contribution in [0.4, 0.5) is 0 Å². The van der Waals surface area contributed by atoms with E-state index in [4.69, 9.17) is 9.47 Å². The van der Waals surface area contributed by atoms with Crippen molar-refractivity contribution < 1.29 is 9.47 Å². The molecular formula is C7H12N2O2. The number of aliphatic imine (C=N–C) groups is 2. The molecule has 0 radical (unpaired) electrons. The fraction of sp³-hybridized carbons (Fsp3) is 0.714. The van der Waals surface area contributed by atoms with E-state index in [0.717, 1.165) is 0 Å². The smallest absolute Gasteiger partial charge is 0.315 e. The van der Waals surface area contributed by atoms with Crippen molar-refractivity contribution in [3.8, 4) is 0 Å². The summed E-state index contributed by atoms with van der Waals surface area (Å²) in [5.74, 6) is 0.592. The molecule has 0 aromatic heterocycles. The maximum Gasteiger partial charge on any atom is 0.315 e. The van der Waals surface area contributed by atoms with Gasteiger partial charge in [-0.25, -0.2) is 4.99 Å². The van der Waals surface area contributed by atoms with Crippen LogP contribution in [0.15, 0.2) is 9.98 Å². The van der Waals surface area contributed by atoms with Gasteiger partial charge in [0.1, 0.15) is 5.54 Å². The molecule has 1 aliphatic rings. The molecule has 11 heavy (non-hydrogen) atoms. The minimum absolute atomic E-state index is 0.375. The minimum atomic E-state index is -0.375. The summed E-state index contributed by atoms with van der Waals surface area (Å²) in [6.45, 7) is 3.84. The third-order valence-corrected chi connectivity index (χ3v) is 1.47. The van der Waals surface area contributed by atoms with Crippen molar-refractivity contribution in [1.82, 2.24) is 0 Å². The Hall–Kier alpha value is -1.06. The average molecular weight is 156 g/mol. The monoisotopic (exact) mass is 156 g/mol. The van der Waals surface area contributed by atoms with E-state index in [1.165, 1.54) is 7.11 Å². The summed E-state index contributed by atoms with van der Waals surface area (Å²) < 4.78 is 9.88. The number of hydrogen-bond acceptors (Lipinski definition) is 4. The molecule has 0 saturated heterocycles. The Bertz CT molecular complexity index is 218. The van der Waals surface area contributed by atoms with E-state index in [1.54, 1.807) is 7.11 Å². The summed E-state index contributed by atoms with van der Waals surface area (Å²) in [7, 11) is 3.12. The number of methoxy groups -OCH3 is 2. The van der Waals surface area contributed by atoms with Crippen LogP contribution >= 0.6 is 0 Å². The van der Waals surface area contributed by atoms with E-state index >= 15 is 0 Å². The molecule has 4 heteroatoms. The number of rotatable bonds is 0. The predicted octanol–water partition coefficient (Wildman–Crippen LogP) is 0.826. The molecule has 4 nitrogen and oxygen atoms in total. The quantitative estimate of drug-likeness (QED) is 0.521. The van der Waals surface area contributed by atoms with E-state index in [0.29, 0.717) is 11.9 Å². The molecular weight excluding hydrogens is 144 g/mol. The van der Waals surface area contributed by atoms with Crippen LogP contribution in [0.25, 0.3) is 0 Å². The average Bonchev–Trinajstić information content (AvgIpc) is 2.24. The minimum Gasteiger partial charge on any atom is -0.482 e. The number of nitrogens with zero attached hydrogens (tertiary/aromatic N) is 2. The first kappa shape index (κ1) is 8.04. The zero-order chi connectivity index (χ0) is 8.48. The normalized spacial score (nSPS) is 20.7. The molecule has 0 aromatic carbocycles. The van der Waals surface area contributed by atoms with Gasteiger partial charge < -0.3 is 9.47 Å². The van der Waals surface area contributed by atoms with Crippen LogP contribution in [0.2, 0.25) is 0 Å². The summed E-state index contributed by atoms with van der Waals surface area (Å²) >= 11 is 0. The van der Waals surface area contributed by atoms with Crippen molar-refractivity contribution in [2.24, 2.45) is 9.98 Å². The SMILES string of the molecule is COC1=NC(C)(C)C(OC)=N1. The third-order valence-electron chi connectivity index (χ3n) is 1.47. The maximum absolute atomic E-state index is 5.01. The van der Waals surface area contributed by atoms with E-state index in [1.807, 2.05) is 13.8 Å². The van der Waals surface area contributed by atoms with Gasteiger partial charge >= 0.3 is 6.02 Å². The maximum atomic E-state index is 5.01. The molecule has 0 atom stereocenters. The van der Waals surface area contributed by atoms with Gasteiger partial charge in [0, 0.05) is 0 Å². The summed E-state index contributed by atoms with van der Waals surface area (Å²) in [6.07, 6.45) is 0. The Balaban J connectivity index is 2.87. The number of amidine groups is 1. The standard InChI is InChI=1S/C7H12N2O2/c1-7(2)5(10-3)8-6(9-7)11-4/h1-4H3. The lowest BCUT2D eigenvalue weighted by molar-refractivity contribution is 0.367. The molecule has 0 unspecified atom stereocenters. The fourth-order valence-corrected chi connectivity index (χ4v) is 0.922. The summed E-state index contributed by atoms with van der Waals surface area (Å²) in [4.78, 5) is 8.16. The summed E-state index contributed by atoms with van der Waals surface area (Å²) in [5.41, 5.74) is -0.375. The molecule has 0 fully saturated rings. The molecule has 0 N–H and O–H groups in total. The second-order valence-electron chi connectivity index (χ2n) is 2.78. The van der Waals surface area contributed by atoms with Gasteiger partial charge in [-0.2, -0.15) is 4.99 Å². The topological polar surface area (TPSA) is 43.2 Å². The molecule has 1 heterocycles. The third kappa shape index (κ3) is 1.34. The van der Waals surface area contributed by atoms with Gasteiger partial charge in [-0.15, -0.1) is 0 Å². The first-order chi connectivity index (χ1) is 5.10. The molecule has 1 aliphatic heterocycles. The molecule has 62 valence electrons. The van der Waals surface area contributed by atoms with Crippen LogP contribution < -0.4 is 0 Å². The van der Waals surface area contributed by atoms with Crippen molar-refractivity contribution in [3.63, 3.8) is 0 Å². The Labute approximate surface area is 65.9 Å². The van der Waals surface area contributed by atoms with Crippen LogP contribution in [0.3, 0.4) is 0 Å². The Morgan fingerprint density at radius 1 is 1.18 bits per heavy atom. The van der Waals surface area contributed by atoms with Crippen LogP contribution in [0, 0.1) is 0 Å². The van der Waals surface area contributed by atoms with Gasteiger partial charge in [0.05, 0.1) is 14.2 Å². The van der Waals surface area contributed by atoms with E-state index < -0.39 is 0 Å².